The van der Waals surface area contributed by atoms with Gasteiger partial charge >= 0.3 is 0 Å². The highest BCUT2D eigenvalue weighted by Gasteiger charge is 2.31. The van der Waals surface area contributed by atoms with Gasteiger partial charge < -0.3 is 14.8 Å². The lowest BCUT2D eigenvalue weighted by Gasteiger charge is -2.29. The van der Waals surface area contributed by atoms with Crippen LogP contribution in [0.1, 0.15) is 18.9 Å². The van der Waals surface area contributed by atoms with E-state index in [4.69, 9.17) is 9.47 Å². The SMILES string of the molecule is C[C@@]1(c2cc(NC3CCOC3)ccc2F)COCC=N1. The molecule has 5 heteroatoms. The Morgan fingerprint density at radius 3 is 3.00 bits per heavy atom. The summed E-state index contributed by atoms with van der Waals surface area (Å²) in [6.07, 6.45) is 2.68. The zero-order chi connectivity index (χ0) is 14.0. The maximum absolute atomic E-state index is 14.1. The molecule has 2 heterocycles. The lowest BCUT2D eigenvalue weighted by atomic mass is 9.92. The summed E-state index contributed by atoms with van der Waals surface area (Å²) in [5.41, 5.74) is 0.822. The van der Waals surface area contributed by atoms with Gasteiger partial charge in [0.15, 0.2) is 0 Å². The number of ether oxygens (including phenoxy) is 2. The number of hydrogen-bond acceptors (Lipinski definition) is 4. The van der Waals surface area contributed by atoms with Crippen LogP contribution in [-0.4, -0.2) is 38.7 Å². The van der Waals surface area contributed by atoms with Crippen molar-refractivity contribution in [1.29, 1.82) is 0 Å². The lowest BCUT2D eigenvalue weighted by molar-refractivity contribution is 0.108. The van der Waals surface area contributed by atoms with Crippen LogP contribution >= 0.6 is 0 Å². The van der Waals surface area contributed by atoms with Crippen LogP contribution in [0.15, 0.2) is 23.2 Å². The molecule has 20 heavy (non-hydrogen) atoms. The molecule has 0 aliphatic carbocycles. The van der Waals surface area contributed by atoms with Crippen LogP contribution in [0, 0.1) is 5.82 Å². The van der Waals surface area contributed by atoms with Crippen LogP contribution in [0.25, 0.3) is 0 Å². The summed E-state index contributed by atoms with van der Waals surface area (Å²) in [4.78, 5) is 4.42. The maximum Gasteiger partial charge on any atom is 0.129 e. The standard InChI is InChI=1S/C15H19FN2O2/c1-15(10-20-7-5-17-15)13-8-11(2-3-14(13)16)18-12-4-6-19-9-12/h2-3,5,8,12,18H,4,6-7,9-10H2,1H3/t12?,15-/m0/s1. The molecular weight excluding hydrogens is 259 g/mol. The topological polar surface area (TPSA) is 42.8 Å². The normalized spacial score (nSPS) is 29.6. The molecule has 4 nitrogen and oxygen atoms in total. The third-order valence-electron chi connectivity index (χ3n) is 3.80. The number of rotatable bonds is 3. The van der Waals surface area contributed by atoms with Crippen molar-refractivity contribution in [2.75, 3.05) is 31.7 Å². The highest BCUT2D eigenvalue weighted by atomic mass is 19.1. The number of hydrogen-bond donors (Lipinski definition) is 1. The fourth-order valence-electron chi connectivity index (χ4n) is 2.65. The van der Waals surface area contributed by atoms with Gasteiger partial charge in [0.05, 0.1) is 25.9 Å². The Bertz CT molecular complexity index is 515. The first-order valence-electron chi connectivity index (χ1n) is 6.93. The van der Waals surface area contributed by atoms with Gasteiger partial charge in [-0.3, -0.25) is 4.99 Å². The number of benzene rings is 1. The van der Waals surface area contributed by atoms with Crippen LogP contribution in [0.2, 0.25) is 0 Å². The molecule has 0 amide bonds. The first-order valence-corrected chi connectivity index (χ1v) is 6.93. The Kier molecular flexibility index (Phi) is 3.72. The van der Waals surface area contributed by atoms with E-state index in [0.717, 1.165) is 18.7 Å². The van der Waals surface area contributed by atoms with Gasteiger partial charge in [-0.25, -0.2) is 4.39 Å². The van der Waals surface area contributed by atoms with E-state index in [-0.39, 0.29) is 5.82 Å². The predicted molar refractivity (Wildman–Crippen MR) is 75.9 cm³/mol. The molecule has 0 radical (unpaired) electrons. The molecule has 1 unspecified atom stereocenters. The fraction of sp³-hybridized carbons (Fsp3) is 0.533. The smallest absolute Gasteiger partial charge is 0.129 e. The second-order valence-electron chi connectivity index (χ2n) is 5.50. The summed E-state index contributed by atoms with van der Waals surface area (Å²) >= 11 is 0. The van der Waals surface area contributed by atoms with Crippen molar-refractivity contribution in [3.63, 3.8) is 0 Å². The largest absolute Gasteiger partial charge is 0.380 e. The quantitative estimate of drug-likeness (QED) is 0.923. The molecule has 3 rings (SSSR count). The average Bonchev–Trinajstić information content (AvgIpc) is 2.94. The first-order chi connectivity index (χ1) is 9.67. The molecule has 0 saturated carbocycles. The summed E-state index contributed by atoms with van der Waals surface area (Å²) in [5.74, 6) is -0.247. The molecule has 0 bridgehead atoms. The predicted octanol–water partition coefficient (Wildman–Crippen LogP) is 2.34. The number of aliphatic imine (C=N–C) groups is 1. The molecule has 1 aromatic carbocycles. The molecule has 1 saturated heterocycles. The second kappa shape index (κ2) is 5.50. The summed E-state index contributed by atoms with van der Waals surface area (Å²) in [6, 6.07) is 5.38. The van der Waals surface area contributed by atoms with Crippen molar-refractivity contribution in [3.8, 4) is 0 Å². The zero-order valence-corrected chi connectivity index (χ0v) is 11.6. The first kappa shape index (κ1) is 13.5. The third-order valence-corrected chi connectivity index (χ3v) is 3.80. The van der Waals surface area contributed by atoms with Crippen molar-refractivity contribution < 1.29 is 13.9 Å². The van der Waals surface area contributed by atoms with E-state index in [1.165, 1.54) is 6.07 Å². The molecule has 1 aromatic rings. The minimum atomic E-state index is -0.647. The maximum atomic E-state index is 14.1. The molecule has 1 N–H and O–H groups in total. The van der Waals surface area contributed by atoms with Gasteiger partial charge in [0.25, 0.3) is 0 Å². The molecule has 1 fully saturated rings. The van der Waals surface area contributed by atoms with E-state index in [1.54, 1.807) is 12.3 Å². The Balaban J connectivity index is 1.86. The van der Waals surface area contributed by atoms with Crippen molar-refractivity contribution in [2.45, 2.75) is 24.9 Å². The van der Waals surface area contributed by atoms with E-state index in [9.17, 15) is 4.39 Å². The molecular formula is C15H19FN2O2. The zero-order valence-electron chi connectivity index (χ0n) is 11.6. The van der Waals surface area contributed by atoms with Crippen molar-refractivity contribution in [1.82, 2.24) is 0 Å². The van der Waals surface area contributed by atoms with Crippen molar-refractivity contribution in [3.05, 3.63) is 29.6 Å². The average molecular weight is 278 g/mol. The highest BCUT2D eigenvalue weighted by Crippen LogP contribution is 2.32. The van der Waals surface area contributed by atoms with Gasteiger partial charge in [-0.1, -0.05) is 0 Å². The molecule has 108 valence electrons. The Labute approximate surface area is 118 Å². The van der Waals surface area contributed by atoms with Gasteiger partial charge in [-0.15, -0.1) is 0 Å². The van der Waals surface area contributed by atoms with Gasteiger partial charge in [0, 0.05) is 24.1 Å². The number of halogens is 1. The minimum Gasteiger partial charge on any atom is -0.380 e. The second-order valence-corrected chi connectivity index (χ2v) is 5.50. The Morgan fingerprint density at radius 1 is 1.40 bits per heavy atom. The van der Waals surface area contributed by atoms with E-state index in [2.05, 4.69) is 10.3 Å². The molecule has 0 aromatic heterocycles. The number of anilines is 1. The van der Waals surface area contributed by atoms with Gasteiger partial charge in [0.2, 0.25) is 0 Å². The summed E-state index contributed by atoms with van der Waals surface area (Å²) in [6.45, 7) is 4.27. The van der Waals surface area contributed by atoms with E-state index < -0.39 is 5.54 Å². The minimum absolute atomic E-state index is 0.247. The van der Waals surface area contributed by atoms with Crippen LogP contribution < -0.4 is 5.32 Å². The van der Waals surface area contributed by atoms with Gasteiger partial charge in [-0.05, 0) is 31.5 Å². The van der Waals surface area contributed by atoms with Gasteiger partial charge in [-0.2, -0.15) is 0 Å². The highest BCUT2D eigenvalue weighted by molar-refractivity contribution is 5.61. The molecule has 2 atom stereocenters. The van der Waals surface area contributed by atoms with E-state index >= 15 is 0 Å². The summed E-state index contributed by atoms with van der Waals surface area (Å²) in [7, 11) is 0. The van der Waals surface area contributed by atoms with Crippen LogP contribution in [0.4, 0.5) is 10.1 Å². The monoisotopic (exact) mass is 278 g/mol. The van der Waals surface area contributed by atoms with Crippen molar-refractivity contribution in [2.24, 2.45) is 4.99 Å². The van der Waals surface area contributed by atoms with E-state index in [1.807, 2.05) is 13.0 Å². The number of nitrogens with one attached hydrogen (secondary N) is 1. The molecule has 2 aliphatic heterocycles. The fourth-order valence-corrected chi connectivity index (χ4v) is 2.65. The van der Waals surface area contributed by atoms with Gasteiger partial charge in [0.1, 0.15) is 11.4 Å². The van der Waals surface area contributed by atoms with Crippen molar-refractivity contribution >= 4 is 11.9 Å². The van der Waals surface area contributed by atoms with Crippen LogP contribution in [-0.2, 0) is 15.0 Å². The van der Waals surface area contributed by atoms with Crippen LogP contribution in [0.3, 0.4) is 0 Å². The van der Waals surface area contributed by atoms with Crippen LogP contribution in [0.5, 0.6) is 0 Å². The summed E-state index contributed by atoms with van der Waals surface area (Å²) < 4.78 is 24.9. The summed E-state index contributed by atoms with van der Waals surface area (Å²) in [5, 5.41) is 3.38. The Morgan fingerprint density at radius 2 is 2.30 bits per heavy atom. The number of nitrogens with zero attached hydrogens (tertiary/aromatic N) is 1. The van der Waals surface area contributed by atoms with E-state index in [0.29, 0.717) is 31.4 Å². The Hall–Kier alpha value is -1.46. The lowest BCUT2D eigenvalue weighted by Crippen LogP contribution is -2.31. The third kappa shape index (κ3) is 2.69. The molecule has 0 spiro atoms. The molecule has 2 aliphatic rings.